The molecule has 0 radical (unpaired) electrons. The SMILES string of the molecule is O=C1C2C=Nc3ccccc3N2C(=O)N1c1ccccc1F. The summed E-state index contributed by atoms with van der Waals surface area (Å²) in [6.45, 7) is 0. The van der Waals surface area contributed by atoms with Gasteiger partial charge in [0.25, 0.3) is 5.91 Å². The molecule has 108 valence electrons. The number of benzene rings is 2. The molecule has 2 aromatic rings. The van der Waals surface area contributed by atoms with Crippen molar-refractivity contribution < 1.29 is 14.0 Å². The number of imide groups is 1. The zero-order valence-corrected chi connectivity index (χ0v) is 11.3. The van der Waals surface area contributed by atoms with Crippen LogP contribution in [0, 0.1) is 5.82 Å². The third-order valence-electron chi connectivity index (χ3n) is 3.74. The van der Waals surface area contributed by atoms with Crippen molar-refractivity contribution in [3.05, 3.63) is 54.3 Å². The van der Waals surface area contributed by atoms with Gasteiger partial charge in [-0.15, -0.1) is 0 Å². The van der Waals surface area contributed by atoms with Crippen molar-refractivity contribution in [2.24, 2.45) is 4.99 Å². The van der Waals surface area contributed by atoms with Gasteiger partial charge in [0, 0.05) is 6.21 Å². The van der Waals surface area contributed by atoms with Crippen LogP contribution in [0.4, 0.5) is 26.2 Å². The van der Waals surface area contributed by atoms with Crippen LogP contribution in [0.3, 0.4) is 0 Å². The molecule has 2 aliphatic heterocycles. The van der Waals surface area contributed by atoms with Gasteiger partial charge in [0.15, 0.2) is 6.04 Å². The normalized spacial score (nSPS) is 19.4. The Morgan fingerprint density at radius 1 is 0.955 bits per heavy atom. The average molecular weight is 295 g/mol. The van der Waals surface area contributed by atoms with Crippen LogP contribution in [0.15, 0.2) is 53.5 Å². The molecule has 4 rings (SSSR count). The highest BCUT2D eigenvalue weighted by molar-refractivity contribution is 6.34. The first-order chi connectivity index (χ1) is 10.7. The molecule has 1 unspecified atom stereocenters. The smallest absolute Gasteiger partial charge is 0.274 e. The molecule has 2 aliphatic rings. The fraction of sp³-hybridized carbons (Fsp3) is 0.0625. The molecule has 5 nitrogen and oxygen atoms in total. The molecule has 0 saturated carbocycles. The lowest BCUT2D eigenvalue weighted by Crippen LogP contribution is -2.38. The van der Waals surface area contributed by atoms with Crippen LogP contribution in [0.2, 0.25) is 0 Å². The maximum Gasteiger partial charge on any atom is 0.337 e. The number of amides is 3. The molecule has 6 heteroatoms. The van der Waals surface area contributed by atoms with Crippen molar-refractivity contribution in [1.82, 2.24) is 0 Å². The number of fused-ring (bicyclic) bond motifs is 3. The summed E-state index contributed by atoms with van der Waals surface area (Å²) in [5.74, 6) is -1.12. The molecule has 22 heavy (non-hydrogen) atoms. The number of halogens is 1. The van der Waals surface area contributed by atoms with Crippen molar-refractivity contribution >= 4 is 35.2 Å². The Bertz CT molecular complexity index is 834. The molecule has 2 aromatic carbocycles. The number of para-hydroxylation sites is 3. The zero-order chi connectivity index (χ0) is 15.3. The number of urea groups is 1. The third kappa shape index (κ3) is 1.60. The first-order valence-electron chi connectivity index (χ1n) is 6.73. The van der Waals surface area contributed by atoms with Gasteiger partial charge >= 0.3 is 6.03 Å². The van der Waals surface area contributed by atoms with Gasteiger partial charge in [-0.1, -0.05) is 24.3 Å². The standard InChI is InChI=1S/C16H10FN3O2/c17-10-5-1-3-7-12(10)20-15(21)14-9-18-11-6-2-4-8-13(11)19(14)16(20)22/h1-9,14H. The Morgan fingerprint density at radius 3 is 2.41 bits per heavy atom. The Hall–Kier alpha value is -3.02. The van der Waals surface area contributed by atoms with Crippen LogP contribution >= 0.6 is 0 Å². The number of rotatable bonds is 1. The van der Waals surface area contributed by atoms with Gasteiger partial charge in [-0.05, 0) is 24.3 Å². The monoisotopic (exact) mass is 295 g/mol. The molecule has 2 heterocycles. The summed E-state index contributed by atoms with van der Waals surface area (Å²) < 4.78 is 14.0. The van der Waals surface area contributed by atoms with Crippen molar-refractivity contribution in [3.63, 3.8) is 0 Å². The maximum absolute atomic E-state index is 14.0. The summed E-state index contributed by atoms with van der Waals surface area (Å²) in [6, 6.07) is 11.4. The topological polar surface area (TPSA) is 53.0 Å². The van der Waals surface area contributed by atoms with Crippen molar-refractivity contribution in [3.8, 4) is 0 Å². The van der Waals surface area contributed by atoms with Gasteiger partial charge in [0.2, 0.25) is 0 Å². The van der Waals surface area contributed by atoms with E-state index in [2.05, 4.69) is 4.99 Å². The van der Waals surface area contributed by atoms with Gasteiger partial charge in [-0.3, -0.25) is 14.7 Å². The van der Waals surface area contributed by atoms with Crippen LogP contribution in [-0.4, -0.2) is 24.2 Å². The van der Waals surface area contributed by atoms with Crippen LogP contribution in [-0.2, 0) is 4.79 Å². The molecule has 1 saturated heterocycles. The fourth-order valence-corrected chi connectivity index (χ4v) is 2.73. The van der Waals surface area contributed by atoms with Gasteiger partial charge in [-0.25, -0.2) is 14.1 Å². The van der Waals surface area contributed by atoms with Gasteiger partial charge in [0.1, 0.15) is 5.82 Å². The van der Waals surface area contributed by atoms with Gasteiger partial charge in [0.05, 0.1) is 17.1 Å². The summed E-state index contributed by atoms with van der Waals surface area (Å²) in [5.41, 5.74) is 1.11. The molecule has 0 aromatic heterocycles. The first kappa shape index (κ1) is 12.7. The predicted molar refractivity (Wildman–Crippen MR) is 80.1 cm³/mol. The molecule has 1 fully saturated rings. The summed E-state index contributed by atoms with van der Waals surface area (Å²) in [7, 11) is 0. The van der Waals surface area contributed by atoms with E-state index in [-0.39, 0.29) is 5.69 Å². The summed E-state index contributed by atoms with van der Waals surface area (Å²) in [4.78, 5) is 31.6. The van der Waals surface area contributed by atoms with Crippen molar-refractivity contribution in [2.75, 3.05) is 9.80 Å². The van der Waals surface area contributed by atoms with E-state index < -0.39 is 23.8 Å². The molecule has 0 aliphatic carbocycles. The minimum Gasteiger partial charge on any atom is -0.274 e. The molecule has 0 N–H and O–H groups in total. The second-order valence-electron chi connectivity index (χ2n) is 4.99. The highest BCUT2D eigenvalue weighted by Gasteiger charge is 2.48. The largest absolute Gasteiger partial charge is 0.337 e. The number of hydrogen-bond donors (Lipinski definition) is 0. The van der Waals surface area contributed by atoms with E-state index in [0.717, 1.165) is 4.90 Å². The second kappa shape index (κ2) is 4.49. The fourth-order valence-electron chi connectivity index (χ4n) is 2.73. The Labute approximate surface area is 125 Å². The number of anilines is 2. The molecule has 0 spiro atoms. The summed E-state index contributed by atoms with van der Waals surface area (Å²) >= 11 is 0. The maximum atomic E-state index is 14.0. The second-order valence-corrected chi connectivity index (χ2v) is 4.99. The lowest BCUT2D eigenvalue weighted by Gasteiger charge is -2.24. The Morgan fingerprint density at radius 2 is 1.64 bits per heavy atom. The quantitative estimate of drug-likeness (QED) is 0.760. The number of hydrogen-bond acceptors (Lipinski definition) is 3. The van der Waals surface area contributed by atoms with Crippen LogP contribution in [0.1, 0.15) is 0 Å². The Balaban J connectivity index is 1.85. The van der Waals surface area contributed by atoms with E-state index >= 15 is 0 Å². The third-order valence-corrected chi connectivity index (χ3v) is 3.74. The van der Waals surface area contributed by atoms with E-state index in [9.17, 15) is 14.0 Å². The first-order valence-corrected chi connectivity index (χ1v) is 6.73. The Kier molecular flexibility index (Phi) is 2.59. The minimum atomic E-state index is -0.831. The average Bonchev–Trinajstić information content (AvgIpc) is 2.80. The number of carbonyl (C=O) groups is 2. The van der Waals surface area contributed by atoms with Gasteiger partial charge < -0.3 is 0 Å². The molecule has 3 amide bonds. The molecule has 1 atom stereocenters. The number of carbonyl (C=O) groups excluding carboxylic acids is 2. The van der Waals surface area contributed by atoms with Gasteiger partial charge in [-0.2, -0.15) is 0 Å². The number of aliphatic imine (C=N–C) groups is 1. The molecular formula is C16H10FN3O2. The van der Waals surface area contributed by atoms with Crippen molar-refractivity contribution in [1.29, 1.82) is 0 Å². The summed E-state index contributed by atoms with van der Waals surface area (Å²) in [5, 5.41) is 0. The van der Waals surface area contributed by atoms with E-state index in [1.165, 1.54) is 29.3 Å². The minimum absolute atomic E-state index is 0.0437. The molecular weight excluding hydrogens is 285 g/mol. The van der Waals surface area contributed by atoms with E-state index in [1.54, 1.807) is 30.3 Å². The number of nitrogens with zero attached hydrogens (tertiary/aromatic N) is 3. The van der Waals surface area contributed by atoms with Crippen LogP contribution in [0.25, 0.3) is 0 Å². The zero-order valence-electron chi connectivity index (χ0n) is 11.3. The van der Waals surface area contributed by atoms with Crippen LogP contribution < -0.4 is 9.80 Å². The highest BCUT2D eigenvalue weighted by Crippen LogP contribution is 2.38. The van der Waals surface area contributed by atoms with E-state index in [4.69, 9.17) is 0 Å². The predicted octanol–water partition coefficient (Wildman–Crippen LogP) is 2.88. The van der Waals surface area contributed by atoms with Crippen LogP contribution in [0.5, 0.6) is 0 Å². The highest BCUT2D eigenvalue weighted by atomic mass is 19.1. The summed E-state index contributed by atoms with van der Waals surface area (Å²) in [6.07, 6.45) is 1.42. The molecule has 0 bridgehead atoms. The van der Waals surface area contributed by atoms with E-state index in [0.29, 0.717) is 11.4 Å². The lowest BCUT2D eigenvalue weighted by molar-refractivity contribution is -0.116. The van der Waals surface area contributed by atoms with E-state index in [1.807, 2.05) is 0 Å². The lowest BCUT2D eigenvalue weighted by atomic mass is 10.1. The van der Waals surface area contributed by atoms with Crippen molar-refractivity contribution in [2.45, 2.75) is 6.04 Å².